The Bertz CT molecular complexity index is 272. The monoisotopic (exact) mass is 255 g/mol. The second kappa shape index (κ2) is 4.36. The van der Waals surface area contributed by atoms with Crippen molar-refractivity contribution in [2.75, 3.05) is 19.7 Å². The largest absolute Gasteiger partial charge is 0.415 e. The van der Waals surface area contributed by atoms with Crippen LogP contribution in [0.15, 0.2) is 0 Å². The van der Waals surface area contributed by atoms with Crippen molar-refractivity contribution in [1.29, 1.82) is 0 Å². The van der Waals surface area contributed by atoms with Crippen molar-refractivity contribution in [3.63, 3.8) is 0 Å². The molecule has 0 aromatic rings. The molecular formula is C14H29NOSi. The summed E-state index contributed by atoms with van der Waals surface area (Å²) in [6.07, 6.45) is 5.48. The molecule has 0 aromatic heterocycles. The lowest BCUT2D eigenvalue weighted by molar-refractivity contribution is 0.105. The van der Waals surface area contributed by atoms with Crippen LogP contribution in [0.2, 0.25) is 18.1 Å². The fraction of sp³-hybridized carbons (Fsp3) is 1.00. The van der Waals surface area contributed by atoms with Gasteiger partial charge in [-0.25, -0.2) is 0 Å². The molecule has 0 aromatic carbocycles. The van der Waals surface area contributed by atoms with E-state index in [1.165, 1.54) is 38.8 Å². The predicted octanol–water partition coefficient (Wildman–Crippen LogP) is 3.64. The molecular weight excluding hydrogens is 226 g/mol. The Morgan fingerprint density at radius 1 is 1.12 bits per heavy atom. The second-order valence-electron chi connectivity index (χ2n) is 7.47. The Kier molecular flexibility index (Phi) is 3.48. The molecule has 2 aliphatic heterocycles. The van der Waals surface area contributed by atoms with E-state index in [2.05, 4.69) is 38.8 Å². The molecule has 0 bridgehead atoms. The molecule has 0 radical (unpaired) electrons. The highest BCUT2D eigenvalue weighted by Gasteiger charge is 2.46. The molecule has 2 fully saturated rings. The van der Waals surface area contributed by atoms with Gasteiger partial charge in [0.25, 0.3) is 0 Å². The standard InChI is InChI=1S/C14H29NOSi/c1-13(2,3)17(4,5)16-12-14-8-6-10-15(14)11-7-9-14/h6-12H2,1-5H3. The minimum Gasteiger partial charge on any atom is -0.415 e. The van der Waals surface area contributed by atoms with Crippen molar-refractivity contribution >= 4 is 8.32 Å². The van der Waals surface area contributed by atoms with Gasteiger partial charge in [0.15, 0.2) is 8.32 Å². The van der Waals surface area contributed by atoms with E-state index in [0.29, 0.717) is 10.6 Å². The lowest BCUT2D eigenvalue weighted by Gasteiger charge is -2.41. The zero-order chi connectivity index (χ0) is 12.7. The molecule has 0 aliphatic carbocycles. The van der Waals surface area contributed by atoms with Crippen LogP contribution in [0.25, 0.3) is 0 Å². The van der Waals surface area contributed by atoms with E-state index in [1.54, 1.807) is 0 Å². The first-order chi connectivity index (χ1) is 7.77. The first-order valence-corrected chi connectivity index (χ1v) is 10.1. The van der Waals surface area contributed by atoms with Crippen LogP contribution < -0.4 is 0 Å². The van der Waals surface area contributed by atoms with E-state index in [1.807, 2.05) is 0 Å². The Morgan fingerprint density at radius 3 is 2.12 bits per heavy atom. The van der Waals surface area contributed by atoms with Gasteiger partial charge in [-0.2, -0.15) is 0 Å². The summed E-state index contributed by atoms with van der Waals surface area (Å²) in [7, 11) is -1.56. The SMILES string of the molecule is CC(C)(C)[Si](C)(C)OCC12CCCN1CCC2. The summed E-state index contributed by atoms with van der Waals surface area (Å²) < 4.78 is 6.48. The average Bonchev–Trinajstić information content (AvgIpc) is 2.71. The minimum atomic E-state index is -1.56. The topological polar surface area (TPSA) is 12.5 Å². The van der Waals surface area contributed by atoms with Crippen LogP contribution >= 0.6 is 0 Å². The van der Waals surface area contributed by atoms with Gasteiger partial charge >= 0.3 is 0 Å². The van der Waals surface area contributed by atoms with Gasteiger partial charge in [0.2, 0.25) is 0 Å². The highest BCUT2D eigenvalue weighted by Crippen LogP contribution is 2.42. The predicted molar refractivity (Wildman–Crippen MR) is 75.9 cm³/mol. The van der Waals surface area contributed by atoms with Gasteiger partial charge in [-0.3, -0.25) is 4.90 Å². The Hall–Kier alpha value is 0.137. The molecule has 0 spiro atoms. The third-order valence-corrected chi connectivity index (χ3v) is 9.80. The van der Waals surface area contributed by atoms with Crippen molar-refractivity contribution < 1.29 is 4.43 Å². The van der Waals surface area contributed by atoms with E-state index in [0.717, 1.165) is 6.61 Å². The van der Waals surface area contributed by atoms with E-state index < -0.39 is 8.32 Å². The molecule has 0 amide bonds. The number of hydrogen-bond donors (Lipinski definition) is 0. The summed E-state index contributed by atoms with van der Waals surface area (Å²) in [5.41, 5.74) is 0.426. The summed E-state index contributed by atoms with van der Waals surface area (Å²) in [5, 5.41) is 0.339. The summed E-state index contributed by atoms with van der Waals surface area (Å²) in [5.74, 6) is 0. The van der Waals surface area contributed by atoms with Gasteiger partial charge in [0.1, 0.15) is 0 Å². The number of hydrogen-bond acceptors (Lipinski definition) is 2. The third-order valence-electron chi connectivity index (χ3n) is 5.32. The number of rotatable bonds is 3. The molecule has 0 saturated carbocycles. The quantitative estimate of drug-likeness (QED) is 0.714. The first-order valence-electron chi connectivity index (χ1n) is 7.16. The Morgan fingerprint density at radius 2 is 1.65 bits per heavy atom. The lowest BCUT2D eigenvalue weighted by atomic mass is 9.95. The van der Waals surface area contributed by atoms with E-state index in [-0.39, 0.29) is 0 Å². The molecule has 2 rings (SSSR count). The average molecular weight is 255 g/mol. The molecule has 2 heterocycles. The van der Waals surface area contributed by atoms with Gasteiger partial charge in [-0.1, -0.05) is 20.8 Å². The van der Waals surface area contributed by atoms with Crippen molar-refractivity contribution in [3.05, 3.63) is 0 Å². The summed E-state index contributed by atoms with van der Waals surface area (Å²) in [6, 6.07) is 0. The van der Waals surface area contributed by atoms with Crippen molar-refractivity contribution in [2.45, 2.75) is 70.1 Å². The van der Waals surface area contributed by atoms with Gasteiger partial charge < -0.3 is 4.43 Å². The highest BCUT2D eigenvalue weighted by atomic mass is 28.4. The van der Waals surface area contributed by atoms with Gasteiger partial charge in [0.05, 0.1) is 6.61 Å². The zero-order valence-corrected chi connectivity index (χ0v) is 13.3. The van der Waals surface area contributed by atoms with E-state index >= 15 is 0 Å². The molecule has 100 valence electrons. The third kappa shape index (κ3) is 2.47. The van der Waals surface area contributed by atoms with Gasteiger partial charge in [0, 0.05) is 5.54 Å². The van der Waals surface area contributed by atoms with Crippen LogP contribution in [0, 0.1) is 0 Å². The Balaban J connectivity index is 1.98. The van der Waals surface area contributed by atoms with Crippen LogP contribution in [-0.4, -0.2) is 38.5 Å². The zero-order valence-electron chi connectivity index (χ0n) is 12.3. The molecule has 17 heavy (non-hydrogen) atoms. The van der Waals surface area contributed by atoms with Gasteiger partial charge in [-0.15, -0.1) is 0 Å². The van der Waals surface area contributed by atoms with Crippen molar-refractivity contribution in [2.24, 2.45) is 0 Å². The normalized spacial score (nSPS) is 25.2. The van der Waals surface area contributed by atoms with E-state index in [4.69, 9.17) is 4.43 Å². The molecule has 2 nitrogen and oxygen atoms in total. The van der Waals surface area contributed by atoms with Crippen LogP contribution in [-0.2, 0) is 4.43 Å². The summed E-state index contributed by atoms with van der Waals surface area (Å²) in [6.45, 7) is 15.3. The second-order valence-corrected chi connectivity index (χ2v) is 12.3. The van der Waals surface area contributed by atoms with Crippen LogP contribution in [0.5, 0.6) is 0 Å². The molecule has 3 heteroatoms. The fourth-order valence-electron chi connectivity index (χ4n) is 2.99. The molecule has 2 saturated heterocycles. The van der Waals surface area contributed by atoms with Crippen LogP contribution in [0.4, 0.5) is 0 Å². The minimum absolute atomic E-state index is 0.339. The van der Waals surface area contributed by atoms with E-state index in [9.17, 15) is 0 Å². The lowest BCUT2D eigenvalue weighted by Crippen LogP contribution is -2.49. The van der Waals surface area contributed by atoms with Crippen molar-refractivity contribution in [1.82, 2.24) is 4.90 Å². The van der Waals surface area contributed by atoms with Crippen LogP contribution in [0.3, 0.4) is 0 Å². The maximum atomic E-state index is 6.48. The maximum absolute atomic E-state index is 6.48. The maximum Gasteiger partial charge on any atom is 0.192 e. The molecule has 0 N–H and O–H groups in total. The number of fused-ring (bicyclic) bond motifs is 1. The number of nitrogens with zero attached hydrogens (tertiary/aromatic N) is 1. The highest BCUT2D eigenvalue weighted by molar-refractivity contribution is 6.74. The van der Waals surface area contributed by atoms with Crippen LogP contribution in [0.1, 0.15) is 46.5 Å². The summed E-state index contributed by atoms with van der Waals surface area (Å²) >= 11 is 0. The van der Waals surface area contributed by atoms with Crippen molar-refractivity contribution in [3.8, 4) is 0 Å². The molecule has 0 atom stereocenters. The fourth-order valence-corrected chi connectivity index (χ4v) is 4.05. The smallest absolute Gasteiger partial charge is 0.192 e. The summed E-state index contributed by atoms with van der Waals surface area (Å²) in [4.78, 5) is 2.69. The molecule has 2 aliphatic rings. The Labute approximate surface area is 108 Å². The first kappa shape index (κ1) is 13.6. The van der Waals surface area contributed by atoms with Gasteiger partial charge in [-0.05, 0) is 56.9 Å². The molecule has 0 unspecified atom stereocenters.